The Bertz CT molecular complexity index is 942. The number of benzene rings is 2. The van der Waals surface area contributed by atoms with E-state index in [-0.39, 0.29) is 17.9 Å². The topological polar surface area (TPSA) is 50.2 Å². The Morgan fingerprint density at radius 2 is 1.85 bits per heavy atom. The second-order valence-corrected chi connectivity index (χ2v) is 6.98. The lowest BCUT2D eigenvalue weighted by Gasteiger charge is -2.41. The van der Waals surface area contributed by atoms with Crippen molar-refractivity contribution in [2.45, 2.75) is 25.8 Å². The summed E-state index contributed by atoms with van der Waals surface area (Å²) < 4.78 is 15.2. The first kappa shape index (κ1) is 16.6. The molecule has 1 N–H and O–H groups in total. The first-order chi connectivity index (χ1) is 12.5. The Kier molecular flexibility index (Phi) is 4.11. The zero-order valence-electron chi connectivity index (χ0n) is 14.8. The second kappa shape index (κ2) is 6.44. The van der Waals surface area contributed by atoms with E-state index in [1.807, 2.05) is 18.2 Å². The molecule has 0 atom stereocenters. The summed E-state index contributed by atoms with van der Waals surface area (Å²) in [6.45, 7) is 5.53. The van der Waals surface area contributed by atoms with Crippen LogP contribution in [0, 0.1) is 5.82 Å². The van der Waals surface area contributed by atoms with Gasteiger partial charge in [0.05, 0.1) is 17.1 Å². The van der Waals surface area contributed by atoms with E-state index in [0.29, 0.717) is 24.7 Å². The number of nitrogens with one attached hydrogen (secondary N) is 1. The molecule has 1 aromatic heterocycles. The number of halogens is 1. The van der Waals surface area contributed by atoms with E-state index in [1.54, 1.807) is 17.0 Å². The number of imidazole rings is 1. The summed E-state index contributed by atoms with van der Waals surface area (Å²) >= 11 is 0. The van der Waals surface area contributed by atoms with E-state index in [1.165, 1.54) is 12.1 Å². The second-order valence-electron chi connectivity index (χ2n) is 6.98. The summed E-state index contributed by atoms with van der Waals surface area (Å²) in [6.07, 6.45) is 0. The number of nitrogens with zero attached hydrogens (tertiary/aromatic N) is 3. The Morgan fingerprint density at radius 3 is 2.54 bits per heavy atom. The van der Waals surface area contributed by atoms with Crippen molar-refractivity contribution in [2.24, 2.45) is 0 Å². The van der Waals surface area contributed by atoms with Crippen LogP contribution in [-0.2, 0) is 0 Å². The molecule has 5 nitrogen and oxygen atoms in total. The molecule has 2 amide bonds. The summed E-state index contributed by atoms with van der Waals surface area (Å²) in [5.41, 5.74) is 2.70. The van der Waals surface area contributed by atoms with Gasteiger partial charge in [-0.05, 0) is 36.4 Å². The van der Waals surface area contributed by atoms with E-state index >= 15 is 0 Å². The number of fused-ring (bicyclic) bond motifs is 1. The summed E-state index contributed by atoms with van der Waals surface area (Å²) in [5, 5.41) is 2.81. The van der Waals surface area contributed by atoms with Crippen molar-refractivity contribution in [3.05, 3.63) is 60.2 Å². The van der Waals surface area contributed by atoms with Crippen molar-refractivity contribution in [2.75, 3.05) is 18.4 Å². The number of amides is 2. The van der Waals surface area contributed by atoms with Gasteiger partial charge in [-0.25, -0.2) is 14.2 Å². The van der Waals surface area contributed by atoms with E-state index < -0.39 is 0 Å². The summed E-state index contributed by atoms with van der Waals surface area (Å²) in [5.74, 6) is 1.04. The van der Waals surface area contributed by atoms with Crippen LogP contribution < -0.4 is 5.32 Å². The highest BCUT2D eigenvalue weighted by molar-refractivity contribution is 5.90. The van der Waals surface area contributed by atoms with Crippen LogP contribution in [0.15, 0.2) is 48.5 Å². The molecule has 0 radical (unpaired) electrons. The van der Waals surface area contributed by atoms with Crippen LogP contribution in [0.5, 0.6) is 0 Å². The van der Waals surface area contributed by atoms with Crippen LogP contribution in [0.25, 0.3) is 11.0 Å². The molecular weight excluding hydrogens is 331 g/mol. The number of para-hydroxylation sites is 2. The minimum atomic E-state index is -0.319. The number of rotatable bonds is 3. The van der Waals surface area contributed by atoms with Gasteiger partial charge in [0, 0.05) is 24.7 Å². The van der Waals surface area contributed by atoms with Gasteiger partial charge in [-0.3, -0.25) is 0 Å². The number of carbonyl (C=O) groups is 1. The molecule has 3 aromatic rings. The third-order valence-electron chi connectivity index (χ3n) is 4.75. The average molecular weight is 352 g/mol. The van der Waals surface area contributed by atoms with Crippen LogP contribution in [0.4, 0.5) is 14.9 Å². The number of likely N-dealkylation sites (tertiary alicyclic amines) is 1. The van der Waals surface area contributed by atoms with Crippen LogP contribution in [0.1, 0.15) is 31.6 Å². The molecule has 1 aliphatic heterocycles. The summed E-state index contributed by atoms with van der Waals surface area (Å²) in [7, 11) is 0. The number of urea groups is 1. The molecule has 1 fully saturated rings. The monoisotopic (exact) mass is 352 g/mol. The van der Waals surface area contributed by atoms with Gasteiger partial charge in [-0.15, -0.1) is 0 Å². The van der Waals surface area contributed by atoms with Crippen molar-refractivity contribution < 1.29 is 9.18 Å². The van der Waals surface area contributed by atoms with E-state index in [9.17, 15) is 9.18 Å². The Balaban J connectivity index is 1.49. The third-order valence-corrected chi connectivity index (χ3v) is 4.75. The highest BCUT2D eigenvalue weighted by Gasteiger charge is 2.34. The molecule has 1 saturated heterocycles. The molecule has 0 saturated carbocycles. The van der Waals surface area contributed by atoms with E-state index in [0.717, 1.165) is 16.9 Å². The van der Waals surface area contributed by atoms with Crippen molar-refractivity contribution in [1.82, 2.24) is 14.5 Å². The van der Waals surface area contributed by atoms with Gasteiger partial charge >= 0.3 is 6.03 Å². The minimum Gasteiger partial charge on any atom is -0.321 e. The zero-order valence-corrected chi connectivity index (χ0v) is 14.8. The largest absolute Gasteiger partial charge is 0.321 e. The lowest BCUT2D eigenvalue weighted by atomic mass is 10.1. The van der Waals surface area contributed by atoms with Gasteiger partial charge in [-0.2, -0.15) is 0 Å². The molecular formula is C20H21FN4O. The van der Waals surface area contributed by atoms with Crippen LogP contribution in [0.3, 0.4) is 0 Å². The molecule has 0 bridgehead atoms. The quantitative estimate of drug-likeness (QED) is 0.760. The predicted molar refractivity (Wildman–Crippen MR) is 99.9 cm³/mol. The Hall–Kier alpha value is -2.89. The molecule has 134 valence electrons. The summed E-state index contributed by atoms with van der Waals surface area (Å²) in [4.78, 5) is 18.9. The van der Waals surface area contributed by atoms with Crippen LogP contribution in [-0.4, -0.2) is 33.6 Å². The Labute approximate surface area is 151 Å². The molecule has 0 spiro atoms. The van der Waals surface area contributed by atoms with Gasteiger partial charge in [0.2, 0.25) is 0 Å². The maximum absolute atomic E-state index is 13.0. The molecule has 0 unspecified atom stereocenters. The standard InChI is InChI=1S/C20H21FN4O/c1-13(2)19-23-17-5-3-4-6-18(17)25(19)16-11-24(12-16)20(26)22-15-9-7-14(21)8-10-15/h3-10,13,16H,11-12H2,1-2H3,(H,22,26). The lowest BCUT2D eigenvalue weighted by molar-refractivity contribution is 0.135. The highest BCUT2D eigenvalue weighted by Crippen LogP contribution is 2.31. The molecule has 2 heterocycles. The van der Waals surface area contributed by atoms with Gasteiger partial charge in [0.25, 0.3) is 0 Å². The summed E-state index contributed by atoms with van der Waals surface area (Å²) in [6, 6.07) is 14.0. The van der Waals surface area contributed by atoms with Gasteiger partial charge in [0.15, 0.2) is 0 Å². The molecule has 4 rings (SSSR count). The predicted octanol–water partition coefficient (Wildman–Crippen LogP) is 4.39. The van der Waals surface area contributed by atoms with Gasteiger partial charge in [-0.1, -0.05) is 26.0 Å². The zero-order chi connectivity index (χ0) is 18.3. The fraction of sp³-hybridized carbons (Fsp3) is 0.300. The first-order valence-electron chi connectivity index (χ1n) is 8.81. The average Bonchev–Trinajstić information content (AvgIpc) is 2.96. The van der Waals surface area contributed by atoms with Gasteiger partial charge in [0.1, 0.15) is 11.6 Å². The molecule has 2 aromatic carbocycles. The molecule has 26 heavy (non-hydrogen) atoms. The fourth-order valence-electron chi connectivity index (χ4n) is 3.37. The maximum Gasteiger partial charge on any atom is 0.321 e. The lowest BCUT2D eigenvalue weighted by Crippen LogP contribution is -2.52. The van der Waals surface area contributed by atoms with Gasteiger partial charge < -0.3 is 14.8 Å². The van der Waals surface area contributed by atoms with Crippen LogP contribution >= 0.6 is 0 Å². The minimum absolute atomic E-state index is 0.164. The van der Waals surface area contributed by atoms with Crippen molar-refractivity contribution >= 4 is 22.8 Å². The first-order valence-corrected chi connectivity index (χ1v) is 8.81. The smallest absolute Gasteiger partial charge is 0.321 e. The van der Waals surface area contributed by atoms with Crippen LogP contribution in [0.2, 0.25) is 0 Å². The number of aromatic nitrogens is 2. The van der Waals surface area contributed by atoms with Crippen molar-refractivity contribution in [3.8, 4) is 0 Å². The molecule has 0 aliphatic carbocycles. The molecule has 6 heteroatoms. The normalized spacial score (nSPS) is 14.7. The number of hydrogen-bond donors (Lipinski definition) is 1. The number of hydrogen-bond acceptors (Lipinski definition) is 2. The SMILES string of the molecule is CC(C)c1nc2ccccc2n1C1CN(C(=O)Nc2ccc(F)cc2)C1. The van der Waals surface area contributed by atoms with Crippen molar-refractivity contribution in [3.63, 3.8) is 0 Å². The Morgan fingerprint density at radius 1 is 1.15 bits per heavy atom. The number of carbonyl (C=O) groups excluding carboxylic acids is 1. The highest BCUT2D eigenvalue weighted by atomic mass is 19.1. The van der Waals surface area contributed by atoms with Crippen molar-refractivity contribution in [1.29, 1.82) is 0 Å². The van der Waals surface area contributed by atoms with E-state index in [2.05, 4.69) is 29.8 Å². The van der Waals surface area contributed by atoms with E-state index in [4.69, 9.17) is 4.98 Å². The number of anilines is 1. The third kappa shape index (κ3) is 2.92. The fourth-order valence-corrected chi connectivity index (χ4v) is 3.37. The molecule has 1 aliphatic rings. The maximum atomic E-state index is 13.0.